The van der Waals surface area contributed by atoms with Crippen LogP contribution in [0, 0.1) is 11.2 Å². The first-order valence-electron chi connectivity index (χ1n) is 10.5. The van der Waals surface area contributed by atoms with Crippen molar-refractivity contribution in [3.8, 4) is 5.75 Å². The lowest BCUT2D eigenvalue weighted by molar-refractivity contribution is 0.144. The molecule has 2 aliphatic rings. The predicted molar refractivity (Wildman–Crippen MR) is 118 cm³/mol. The zero-order valence-electron chi connectivity index (χ0n) is 18.0. The summed E-state index contributed by atoms with van der Waals surface area (Å²) in [5.41, 5.74) is 6.84. The third-order valence-electron chi connectivity index (χ3n) is 5.90. The van der Waals surface area contributed by atoms with Gasteiger partial charge in [0.15, 0.2) is 11.6 Å². The third-order valence-corrected chi connectivity index (χ3v) is 5.90. The van der Waals surface area contributed by atoms with Crippen molar-refractivity contribution >= 4 is 17.2 Å². The van der Waals surface area contributed by atoms with E-state index >= 15 is 0 Å². The molecule has 1 saturated heterocycles. The number of methoxy groups -OCH3 is 1. The fourth-order valence-electron chi connectivity index (χ4n) is 3.62. The molecule has 1 saturated carbocycles. The van der Waals surface area contributed by atoms with Crippen LogP contribution >= 0.6 is 0 Å². The number of hydrogen-bond acceptors (Lipinski definition) is 8. The largest absolute Gasteiger partial charge is 0.484 e. The Balaban J connectivity index is 1.50. The minimum absolute atomic E-state index is 0.116. The second-order valence-electron chi connectivity index (χ2n) is 8.38. The molecule has 0 bridgehead atoms. The first-order valence-corrected chi connectivity index (χ1v) is 10.5. The average Bonchev–Trinajstić information content (AvgIpc) is 3.51. The third kappa shape index (κ3) is 4.94. The second-order valence-corrected chi connectivity index (χ2v) is 8.38. The van der Waals surface area contributed by atoms with Crippen molar-refractivity contribution < 1.29 is 13.9 Å². The smallest absolute Gasteiger partial charge is 0.167 e. The molecule has 0 radical (unpaired) electrons. The summed E-state index contributed by atoms with van der Waals surface area (Å²) in [7, 11) is 1.71. The van der Waals surface area contributed by atoms with Gasteiger partial charge in [-0.25, -0.2) is 14.4 Å². The Hall–Kier alpha value is -2.78. The van der Waals surface area contributed by atoms with E-state index in [2.05, 4.69) is 19.8 Å². The fraction of sp³-hybridized carbons (Fsp3) is 0.500. The van der Waals surface area contributed by atoms with Crippen LogP contribution in [0.1, 0.15) is 31.0 Å². The van der Waals surface area contributed by atoms with E-state index in [4.69, 9.17) is 20.6 Å². The van der Waals surface area contributed by atoms with Crippen molar-refractivity contribution in [2.45, 2.75) is 25.4 Å². The minimum atomic E-state index is -0.517. The van der Waals surface area contributed by atoms with E-state index in [1.165, 1.54) is 18.5 Å². The highest BCUT2D eigenvalue weighted by Gasteiger charge is 2.40. The van der Waals surface area contributed by atoms with Gasteiger partial charge in [-0.3, -0.25) is 10.3 Å². The van der Waals surface area contributed by atoms with Crippen molar-refractivity contribution in [2.24, 2.45) is 0 Å². The number of halogens is 1. The minimum Gasteiger partial charge on any atom is -0.484 e. The molecule has 2 heterocycles. The van der Waals surface area contributed by atoms with Crippen molar-refractivity contribution in [3.05, 3.63) is 41.6 Å². The maximum absolute atomic E-state index is 14.4. The molecule has 8 nitrogen and oxygen atoms in total. The van der Waals surface area contributed by atoms with E-state index in [1.807, 2.05) is 6.92 Å². The average molecular weight is 429 g/mol. The predicted octanol–water partition coefficient (Wildman–Crippen LogP) is 2.31. The number of nitrogens with zero attached hydrogens (tertiary/aromatic N) is 4. The summed E-state index contributed by atoms with van der Waals surface area (Å²) in [4.78, 5) is 13.2. The van der Waals surface area contributed by atoms with Crippen LogP contribution in [0.25, 0.3) is 0 Å². The van der Waals surface area contributed by atoms with Crippen molar-refractivity contribution in [2.75, 3.05) is 57.1 Å². The van der Waals surface area contributed by atoms with E-state index in [0.29, 0.717) is 11.3 Å². The zero-order chi connectivity index (χ0) is 22.0. The van der Waals surface area contributed by atoms with Crippen molar-refractivity contribution in [1.82, 2.24) is 14.9 Å². The van der Waals surface area contributed by atoms with Gasteiger partial charge in [0.25, 0.3) is 0 Å². The summed E-state index contributed by atoms with van der Waals surface area (Å²) >= 11 is 0. The molecule has 1 aliphatic carbocycles. The highest BCUT2D eigenvalue weighted by Crippen LogP contribution is 2.41. The Bertz CT molecular complexity index is 957. The lowest BCUT2D eigenvalue weighted by atomic mass is 10.0. The Labute approximate surface area is 181 Å². The van der Waals surface area contributed by atoms with Crippen molar-refractivity contribution in [3.63, 3.8) is 0 Å². The normalized spacial score (nSPS) is 18.1. The van der Waals surface area contributed by atoms with Crippen molar-refractivity contribution in [1.29, 1.82) is 5.41 Å². The Morgan fingerprint density at radius 2 is 1.94 bits per heavy atom. The van der Waals surface area contributed by atoms with E-state index in [-0.39, 0.29) is 22.7 Å². The molecule has 9 heteroatoms. The molecule has 1 aromatic heterocycles. The Morgan fingerprint density at radius 3 is 2.61 bits per heavy atom. The van der Waals surface area contributed by atoms with Gasteiger partial charge in [0.1, 0.15) is 17.7 Å². The fourth-order valence-corrected chi connectivity index (χ4v) is 3.62. The monoisotopic (exact) mass is 428 g/mol. The highest BCUT2D eigenvalue weighted by atomic mass is 19.1. The van der Waals surface area contributed by atoms with Gasteiger partial charge >= 0.3 is 0 Å². The molecule has 0 amide bonds. The van der Waals surface area contributed by atoms with Gasteiger partial charge in [0, 0.05) is 63.2 Å². The van der Waals surface area contributed by atoms with Crippen LogP contribution in [-0.2, 0) is 4.74 Å². The first kappa shape index (κ1) is 21.5. The molecule has 4 rings (SSSR count). The van der Waals surface area contributed by atoms with Crippen LogP contribution in [0.5, 0.6) is 5.75 Å². The molecule has 1 aliphatic heterocycles. The molecule has 0 atom stereocenters. The molecule has 0 spiro atoms. The number of aromatic nitrogens is 2. The first-order chi connectivity index (χ1) is 14.9. The van der Waals surface area contributed by atoms with Crippen LogP contribution in [0.3, 0.4) is 0 Å². The number of benzene rings is 1. The topological polar surface area (TPSA) is 101 Å². The number of rotatable bonds is 8. The maximum atomic E-state index is 14.4. The molecule has 0 unspecified atom stereocenters. The molecule has 2 fully saturated rings. The summed E-state index contributed by atoms with van der Waals surface area (Å²) in [6.07, 6.45) is 3.23. The van der Waals surface area contributed by atoms with Gasteiger partial charge in [-0.15, -0.1) is 0 Å². The summed E-state index contributed by atoms with van der Waals surface area (Å²) < 4.78 is 25.3. The molecule has 2 aromatic rings. The molecule has 3 N–H and O–H groups in total. The van der Waals surface area contributed by atoms with Crippen LogP contribution in [0.15, 0.2) is 24.5 Å². The lowest BCUT2D eigenvalue weighted by Gasteiger charge is -2.35. The number of anilines is 2. The lowest BCUT2D eigenvalue weighted by Crippen LogP contribution is -2.47. The van der Waals surface area contributed by atoms with Gasteiger partial charge in [-0.05, 0) is 25.8 Å². The van der Waals surface area contributed by atoms with E-state index in [1.54, 1.807) is 13.2 Å². The molecule has 31 heavy (non-hydrogen) atoms. The number of hydrogen-bond donors (Lipinski definition) is 2. The summed E-state index contributed by atoms with van der Waals surface area (Å²) in [6, 6.07) is 4.51. The second kappa shape index (κ2) is 8.76. The van der Waals surface area contributed by atoms with Crippen LogP contribution in [0.4, 0.5) is 15.9 Å². The number of piperazine rings is 1. The van der Waals surface area contributed by atoms with Gasteiger partial charge in [-0.2, -0.15) is 0 Å². The summed E-state index contributed by atoms with van der Waals surface area (Å²) in [5, 5.41) is 8.66. The standard InChI is InChI=1S/C22H29FN6O2/c1-22(3-4-22)31-19-11-15(17(24)12-16(19)23)21(25)18-13-20(27-14-26-18)29-7-5-28(6-8-29)9-10-30-2/h11-14,25H,3-10,24H2,1-2H3. The van der Waals surface area contributed by atoms with E-state index in [0.717, 1.165) is 58.0 Å². The van der Waals surface area contributed by atoms with E-state index in [9.17, 15) is 4.39 Å². The number of nitrogens with two attached hydrogens (primary N) is 1. The molecular formula is C22H29FN6O2. The molecule has 1 aromatic carbocycles. The van der Waals surface area contributed by atoms with Crippen LogP contribution in [0.2, 0.25) is 0 Å². The number of nitrogens with one attached hydrogen (secondary N) is 1. The maximum Gasteiger partial charge on any atom is 0.167 e. The van der Waals surface area contributed by atoms with E-state index < -0.39 is 5.82 Å². The Kier molecular flexibility index (Phi) is 6.06. The van der Waals surface area contributed by atoms with Crippen LogP contribution < -0.4 is 15.4 Å². The van der Waals surface area contributed by atoms with Gasteiger partial charge < -0.3 is 20.1 Å². The number of ether oxygens (including phenoxy) is 2. The van der Waals surface area contributed by atoms with Gasteiger partial charge in [0.2, 0.25) is 0 Å². The van der Waals surface area contributed by atoms with Gasteiger partial charge in [-0.1, -0.05) is 0 Å². The van der Waals surface area contributed by atoms with Crippen LogP contribution in [-0.4, -0.2) is 72.6 Å². The number of nitrogen functional groups attached to an aromatic ring is 1. The quantitative estimate of drug-likeness (QED) is 0.492. The SMILES string of the molecule is COCCN1CCN(c2cc(C(=N)c3cc(OC4(C)CC4)c(F)cc3N)ncn2)CC1. The van der Waals surface area contributed by atoms with Gasteiger partial charge in [0.05, 0.1) is 18.0 Å². The summed E-state index contributed by atoms with van der Waals surface area (Å²) in [5.74, 6) is 0.371. The molecular weight excluding hydrogens is 399 g/mol. The highest BCUT2D eigenvalue weighted by molar-refractivity contribution is 6.13. The Morgan fingerprint density at radius 1 is 1.19 bits per heavy atom. The summed E-state index contributed by atoms with van der Waals surface area (Å²) in [6.45, 7) is 7.09. The zero-order valence-corrected chi connectivity index (χ0v) is 18.0. The molecule has 166 valence electrons.